The van der Waals surface area contributed by atoms with Crippen LogP contribution in [0.15, 0.2) is 18.2 Å². The smallest absolute Gasteiger partial charge is 0.410 e. The predicted octanol–water partition coefficient (Wildman–Crippen LogP) is 1.54. The van der Waals surface area contributed by atoms with E-state index < -0.39 is 6.09 Å². The number of hydrogen-bond donors (Lipinski definition) is 1. The van der Waals surface area contributed by atoms with Gasteiger partial charge in [-0.1, -0.05) is 6.07 Å². The first-order chi connectivity index (χ1) is 8.61. The number of amides is 1. The molecule has 0 bridgehead atoms. The average molecular weight is 250 g/mol. The molecule has 1 aromatic rings. The Balaban J connectivity index is 2.24. The van der Waals surface area contributed by atoms with E-state index in [-0.39, 0.29) is 6.04 Å². The van der Waals surface area contributed by atoms with Gasteiger partial charge >= 0.3 is 6.09 Å². The number of fused-ring (bicyclic) bond motifs is 1. The Morgan fingerprint density at radius 1 is 1.50 bits per heavy atom. The molecule has 2 rings (SSSR count). The van der Waals surface area contributed by atoms with Gasteiger partial charge < -0.3 is 19.7 Å². The number of carbonyl (C=O) groups is 1. The molecule has 0 aliphatic carbocycles. The molecule has 0 aromatic heterocycles. The lowest BCUT2D eigenvalue weighted by atomic mass is 9.98. The number of nitrogens with one attached hydrogen (secondary N) is 1. The molecular weight excluding hydrogens is 232 g/mol. The summed E-state index contributed by atoms with van der Waals surface area (Å²) in [5.41, 5.74) is 2.30. The normalized spacial score (nSPS) is 18.3. The van der Waals surface area contributed by atoms with E-state index in [0.29, 0.717) is 19.0 Å². The van der Waals surface area contributed by atoms with Crippen molar-refractivity contribution in [3.8, 4) is 5.75 Å². The van der Waals surface area contributed by atoms with Crippen LogP contribution in [0, 0.1) is 0 Å². The second-order valence-electron chi connectivity index (χ2n) is 4.49. The van der Waals surface area contributed by atoms with Gasteiger partial charge in [0.25, 0.3) is 0 Å². The van der Waals surface area contributed by atoms with Crippen LogP contribution in [0.3, 0.4) is 0 Å². The lowest BCUT2D eigenvalue weighted by Gasteiger charge is -2.30. The summed E-state index contributed by atoms with van der Waals surface area (Å²) < 4.78 is 10.7. The standard InChI is InChI=1S/C13H18N2O3/c1-14-13(16)18-10-4-5-11-9(6-10)7-17-8-12(11)15(2)3/h4-6,12H,7-8H2,1-3H3,(H,14,16). The highest BCUT2D eigenvalue weighted by Gasteiger charge is 2.23. The minimum absolute atomic E-state index is 0.253. The molecule has 0 saturated carbocycles. The number of nitrogens with zero attached hydrogens (tertiary/aromatic N) is 1. The molecule has 1 aliphatic heterocycles. The van der Waals surface area contributed by atoms with E-state index >= 15 is 0 Å². The largest absolute Gasteiger partial charge is 0.412 e. The zero-order chi connectivity index (χ0) is 13.1. The van der Waals surface area contributed by atoms with Gasteiger partial charge in [-0.2, -0.15) is 0 Å². The number of likely N-dealkylation sites (N-methyl/N-ethyl adjacent to an activating group) is 1. The number of rotatable bonds is 2. The van der Waals surface area contributed by atoms with Crippen LogP contribution in [-0.4, -0.2) is 38.7 Å². The maximum Gasteiger partial charge on any atom is 0.412 e. The summed E-state index contributed by atoms with van der Waals surface area (Å²) in [6, 6.07) is 5.93. The van der Waals surface area contributed by atoms with E-state index in [1.807, 2.05) is 32.3 Å². The van der Waals surface area contributed by atoms with Crippen LogP contribution in [0.5, 0.6) is 5.75 Å². The van der Waals surface area contributed by atoms with Crippen molar-refractivity contribution in [1.29, 1.82) is 0 Å². The number of benzene rings is 1. The molecule has 1 aliphatic rings. The van der Waals surface area contributed by atoms with Crippen LogP contribution in [0.1, 0.15) is 17.2 Å². The van der Waals surface area contributed by atoms with Crippen molar-refractivity contribution in [2.45, 2.75) is 12.6 Å². The highest BCUT2D eigenvalue weighted by atomic mass is 16.6. The highest BCUT2D eigenvalue weighted by Crippen LogP contribution is 2.30. The summed E-state index contributed by atoms with van der Waals surface area (Å²) >= 11 is 0. The molecule has 1 unspecified atom stereocenters. The Labute approximate surface area is 107 Å². The molecule has 1 atom stereocenters. The van der Waals surface area contributed by atoms with Crippen molar-refractivity contribution in [3.05, 3.63) is 29.3 Å². The Hall–Kier alpha value is -1.59. The summed E-state index contributed by atoms with van der Waals surface area (Å²) in [4.78, 5) is 13.3. The van der Waals surface area contributed by atoms with Gasteiger partial charge in [-0.15, -0.1) is 0 Å². The lowest BCUT2D eigenvalue weighted by molar-refractivity contribution is 0.0504. The molecule has 98 valence electrons. The van der Waals surface area contributed by atoms with Crippen LogP contribution in [0.25, 0.3) is 0 Å². The van der Waals surface area contributed by atoms with Crippen molar-refractivity contribution in [3.63, 3.8) is 0 Å². The van der Waals surface area contributed by atoms with Crippen LogP contribution < -0.4 is 10.1 Å². The van der Waals surface area contributed by atoms with Gasteiger partial charge in [-0.25, -0.2) is 4.79 Å². The van der Waals surface area contributed by atoms with Gasteiger partial charge in [0.2, 0.25) is 0 Å². The average Bonchev–Trinajstić information content (AvgIpc) is 2.37. The second-order valence-corrected chi connectivity index (χ2v) is 4.49. The van der Waals surface area contributed by atoms with E-state index in [1.165, 1.54) is 12.6 Å². The summed E-state index contributed by atoms with van der Waals surface area (Å²) in [6.07, 6.45) is -0.462. The quantitative estimate of drug-likeness (QED) is 0.865. The Morgan fingerprint density at radius 2 is 2.28 bits per heavy atom. The van der Waals surface area contributed by atoms with Crippen LogP contribution in [0.2, 0.25) is 0 Å². The molecule has 1 aromatic carbocycles. The van der Waals surface area contributed by atoms with Crippen molar-refractivity contribution in [2.24, 2.45) is 0 Å². The minimum Gasteiger partial charge on any atom is -0.410 e. The van der Waals surface area contributed by atoms with Gasteiger partial charge in [0, 0.05) is 7.05 Å². The van der Waals surface area contributed by atoms with E-state index in [1.54, 1.807) is 0 Å². The summed E-state index contributed by atoms with van der Waals surface area (Å²) in [5, 5.41) is 2.42. The monoisotopic (exact) mass is 250 g/mol. The SMILES string of the molecule is CNC(=O)Oc1ccc2c(c1)COCC2N(C)C. The van der Waals surface area contributed by atoms with Crippen molar-refractivity contribution in [2.75, 3.05) is 27.7 Å². The molecule has 1 heterocycles. The lowest BCUT2D eigenvalue weighted by Crippen LogP contribution is -2.29. The third-order valence-corrected chi connectivity index (χ3v) is 3.04. The first kappa shape index (κ1) is 12.9. The van der Waals surface area contributed by atoms with E-state index in [0.717, 1.165) is 5.56 Å². The molecule has 5 heteroatoms. The minimum atomic E-state index is -0.462. The first-order valence-electron chi connectivity index (χ1n) is 5.88. The Kier molecular flexibility index (Phi) is 3.84. The number of ether oxygens (including phenoxy) is 2. The van der Waals surface area contributed by atoms with Gasteiger partial charge in [0.15, 0.2) is 0 Å². The molecular formula is C13H18N2O3. The molecule has 5 nitrogen and oxygen atoms in total. The fraction of sp³-hybridized carbons (Fsp3) is 0.462. The molecule has 18 heavy (non-hydrogen) atoms. The number of carbonyl (C=O) groups excluding carboxylic acids is 1. The summed E-state index contributed by atoms with van der Waals surface area (Å²) in [5.74, 6) is 0.538. The van der Waals surface area contributed by atoms with Crippen molar-refractivity contribution in [1.82, 2.24) is 10.2 Å². The molecule has 1 N–H and O–H groups in total. The summed E-state index contributed by atoms with van der Waals surface area (Å²) in [6.45, 7) is 1.25. The van der Waals surface area contributed by atoms with Gasteiger partial charge in [0.1, 0.15) is 5.75 Å². The third kappa shape index (κ3) is 2.63. The van der Waals surface area contributed by atoms with E-state index in [4.69, 9.17) is 9.47 Å². The molecule has 0 fully saturated rings. The van der Waals surface area contributed by atoms with Gasteiger partial charge in [-0.3, -0.25) is 0 Å². The maximum atomic E-state index is 11.1. The molecule has 0 spiro atoms. The molecule has 0 radical (unpaired) electrons. The van der Waals surface area contributed by atoms with E-state index in [2.05, 4.69) is 10.2 Å². The third-order valence-electron chi connectivity index (χ3n) is 3.04. The molecule has 0 saturated heterocycles. The van der Waals surface area contributed by atoms with E-state index in [9.17, 15) is 4.79 Å². The topological polar surface area (TPSA) is 50.8 Å². The predicted molar refractivity (Wildman–Crippen MR) is 67.6 cm³/mol. The fourth-order valence-electron chi connectivity index (χ4n) is 2.05. The first-order valence-corrected chi connectivity index (χ1v) is 5.88. The van der Waals surface area contributed by atoms with Gasteiger partial charge in [-0.05, 0) is 37.4 Å². The maximum absolute atomic E-state index is 11.1. The zero-order valence-electron chi connectivity index (χ0n) is 10.9. The van der Waals surface area contributed by atoms with Crippen molar-refractivity contribution >= 4 is 6.09 Å². The highest BCUT2D eigenvalue weighted by molar-refractivity contribution is 5.70. The Morgan fingerprint density at radius 3 is 2.94 bits per heavy atom. The van der Waals surface area contributed by atoms with Gasteiger partial charge in [0.05, 0.1) is 19.3 Å². The van der Waals surface area contributed by atoms with Crippen LogP contribution >= 0.6 is 0 Å². The van der Waals surface area contributed by atoms with Crippen LogP contribution in [0.4, 0.5) is 4.79 Å². The fourth-order valence-corrected chi connectivity index (χ4v) is 2.05. The number of hydrogen-bond acceptors (Lipinski definition) is 4. The second kappa shape index (κ2) is 5.37. The Bertz CT molecular complexity index is 446. The van der Waals surface area contributed by atoms with Crippen molar-refractivity contribution < 1.29 is 14.3 Å². The molecule has 1 amide bonds. The summed E-state index contributed by atoms with van der Waals surface area (Å²) in [7, 11) is 5.59. The zero-order valence-corrected chi connectivity index (χ0v) is 10.9. The van der Waals surface area contributed by atoms with Crippen LogP contribution in [-0.2, 0) is 11.3 Å².